The van der Waals surface area contributed by atoms with Crippen LogP contribution >= 0.6 is 15.9 Å². The summed E-state index contributed by atoms with van der Waals surface area (Å²) in [7, 11) is 0. The first-order valence-corrected chi connectivity index (χ1v) is 6.47. The average Bonchev–Trinajstić information content (AvgIpc) is 2.42. The summed E-state index contributed by atoms with van der Waals surface area (Å²) in [5.74, 6) is -1.03. The van der Waals surface area contributed by atoms with Crippen molar-refractivity contribution in [2.24, 2.45) is 0 Å². The van der Waals surface area contributed by atoms with Gasteiger partial charge in [-0.2, -0.15) is 0 Å². The van der Waals surface area contributed by atoms with Gasteiger partial charge in [0.25, 0.3) is 5.91 Å². The lowest BCUT2D eigenvalue weighted by Crippen LogP contribution is -2.20. The van der Waals surface area contributed by atoms with Crippen LogP contribution in [0.2, 0.25) is 0 Å². The molecular weight excluding hydrogens is 332 g/mol. The molecule has 0 aliphatic heterocycles. The number of benzene rings is 2. The lowest BCUT2D eigenvalue weighted by Gasteiger charge is -2.09. The van der Waals surface area contributed by atoms with E-state index in [0.29, 0.717) is 10.2 Å². The minimum absolute atomic E-state index is 0.235. The summed E-state index contributed by atoms with van der Waals surface area (Å²) in [6.07, 6.45) is 0. The summed E-state index contributed by atoms with van der Waals surface area (Å²) in [5.41, 5.74) is 0.457. The van der Waals surface area contributed by atoms with Crippen LogP contribution in [-0.2, 0) is 4.79 Å². The highest BCUT2D eigenvalue weighted by Crippen LogP contribution is 2.25. The van der Waals surface area contributed by atoms with E-state index in [1.165, 1.54) is 42.5 Å². The van der Waals surface area contributed by atoms with Crippen LogP contribution in [0.15, 0.2) is 46.9 Å². The highest BCUT2D eigenvalue weighted by Gasteiger charge is 2.07. The molecule has 20 heavy (non-hydrogen) atoms. The Kier molecular flexibility index (Phi) is 4.68. The molecule has 2 aromatic rings. The lowest BCUT2D eigenvalue weighted by molar-refractivity contribution is -0.118. The van der Waals surface area contributed by atoms with Crippen molar-refractivity contribution in [3.05, 3.63) is 58.6 Å². The van der Waals surface area contributed by atoms with Crippen LogP contribution in [-0.4, -0.2) is 12.5 Å². The van der Waals surface area contributed by atoms with Crippen molar-refractivity contribution >= 4 is 27.5 Å². The third-order valence-corrected chi connectivity index (χ3v) is 3.04. The quantitative estimate of drug-likeness (QED) is 0.919. The van der Waals surface area contributed by atoms with E-state index in [1.54, 1.807) is 0 Å². The van der Waals surface area contributed by atoms with Gasteiger partial charge in [0, 0.05) is 11.8 Å². The minimum Gasteiger partial charge on any atom is -0.482 e. The molecule has 0 spiro atoms. The van der Waals surface area contributed by atoms with Gasteiger partial charge in [-0.15, -0.1) is 0 Å². The first-order chi connectivity index (χ1) is 9.54. The zero-order valence-electron chi connectivity index (χ0n) is 10.2. The van der Waals surface area contributed by atoms with E-state index in [0.717, 1.165) is 0 Å². The monoisotopic (exact) mass is 341 g/mol. The van der Waals surface area contributed by atoms with Crippen molar-refractivity contribution in [3.8, 4) is 5.75 Å². The molecule has 0 saturated heterocycles. The largest absolute Gasteiger partial charge is 0.482 e. The molecule has 2 rings (SSSR count). The van der Waals surface area contributed by atoms with E-state index in [2.05, 4.69) is 21.2 Å². The summed E-state index contributed by atoms with van der Waals surface area (Å²) in [4.78, 5) is 11.6. The number of halogens is 3. The Bertz CT molecular complexity index is 617. The molecule has 0 fully saturated rings. The van der Waals surface area contributed by atoms with Gasteiger partial charge < -0.3 is 10.1 Å². The minimum atomic E-state index is -0.456. The molecule has 3 nitrogen and oxygen atoms in total. The molecule has 0 atom stereocenters. The van der Waals surface area contributed by atoms with E-state index in [1.807, 2.05) is 0 Å². The molecule has 0 radical (unpaired) electrons. The maximum absolute atomic E-state index is 13.0. The molecule has 0 aliphatic rings. The predicted molar refractivity (Wildman–Crippen MR) is 74.6 cm³/mol. The Morgan fingerprint density at radius 3 is 2.45 bits per heavy atom. The standard InChI is InChI=1S/C14H10BrF2NO2/c15-12-6-3-10(17)7-13(12)20-8-14(19)18-11-4-1-9(16)2-5-11/h1-7H,8H2,(H,18,19). The number of hydrogen-bond acceptors (Lipinski definition) is 2. The van der Waals surface area contributed by atoms with Gasteiger partial charge in [-0.3, -0.25) is 4.79 Å². The number of nitrogens with one attached hydrogen (secondary N) is 1. The van der Waals surface area contributed by atoms with E-state index in [-0.39, 0.29) is 18.2 Å². The van der Waals surface area contributed by atoms with Crippen molar-refractivity contribution in [2.75, 3.05) is 11.9 Å². The second-order valence-electron chi connectivity index (χ2n) is 3.92. The maximum atomic E-state index is 13.0. The number of rotatable bonds is 4. The molecule has 0 unspecified atom stereocenters. The smallest absolute Gasteiger partial charge is 0.262 e. The van der Waals surface area contributed by atoms with Crippen molar-refractivity contribution < 1.29 is 18.3 Å². The van der Waals surface area contributed by atoms with Crippen LogP contribution in [0.4, 0.5) is 14.5 Å². The fourth-order valence-corrected chi connectivity index (χ4v) is 1.82. The van der Waals surface area contributed by atoms with Gasteiger partial charge in [-0.25, -0.2) is 8.78 Å². The number of amides is 1. The predicted octanol–water partition coefficient (Wildman–Crippen LogP) is 3.74. The van der Waals surface area contributed by atoms with Crippen molar-refractivity contribution in [1.29, 1.82) is 0 Å². The summed E-state index contributed by atoms with van der Waals surface area (Å²) in [5, 5.41) is 2.53. The maximum Gasteiger partial charge on any atom is 0.262 e. The Balaban J connectivity index is 1.92. The van der Waals surface area contributed by atoms with Gasteiger partial charge in [0.2, 0.25) is 0 Å². The van der Waals surface area contributed by atoms with Gasteiger partial charge in [0.15, 0.2) is 6.61 Å². The molecule has 6 heteroatoms. The van der Waals surface area contributed by atoms with Crippen molar-refractivity contribution in [2.45, 2.75) is 0 Å². The molecule has 1 amide bonds. The molecule has 0 aromatic heterocycles. The van der Waals surface area contributed by atoms with Crippen LogP contribution in [0.1, 0.15) is 0 Å². The van der Waals surface area contributed by atoms with Crippen molar-refractivity contribution in [1.82, 2.24) is 0 Å². The number of carbonyl (C=O) groups is 1. The Morgan fingerprint density at radius 2 is 1.75 bits per heavy atom. The van der Waals surface area contributed by atoms with Crippen LogP contribution < -0.4 is 10.1 Å². The number of anilines is 1. The van der Waals surface area contributed by atoms with E-state index < -0.39 is 11.7 Å². The number of hydrogen-bond donors (Lipinski definition) is 1. The van der Waals surface area contributed by atoms with Gasteiger partial charge in [-0.1, -0.05) is 0 Å². The van der Waals surface area contributed by atoms with E-state index in [9.17, 15) is 13.6 Å². The van der Waals surface area contributed by atoms with Gasteiger partial charge in [-0.05, 0) is 52.3 Å². The fraction of sp³-hybridized carbons (Fsp3) is 0.0714. The molecule has 0 saturated carbocycles. The number of ether oxygens (including phenoxy) is 1. The second-order valence-corrected chi connectivity index (χ2v) is 4.77. The van der Waals surface area contributed by atoms with Crippen LogP contribution in [0.3, 0.4) is 0 Å². The van der Waals surface area contributed by atoms with Gasteiger partial charge in [0.1, 0.15) is 17.4 Å². The molecule has 0 heterocycles. The van der Waals surface area contributed by atoms with Crippen LogP contribution in [0.25, 0.3) is 0 Å². The SMILES string of the molecule is O=C(COc1cc(F)ccc1Br)Nc1ccc(F)cc1. The zero-order chi connectivity index (χ0) is 14.5. The highest BCUT2D eigenvalue weighted by atomic mass is 79.9. The topological polar surface area (TPSA) is 38.3 Å². The van der Waals surface area contributed by atoms with E-state index in [4.69, 9.17) is 4.74 Å². The first-order valence-electron chi connectivity index (χ1n) is 5.68. The molecule has 1 N–H and O–H groups in total. The second kappa shape index (κ2) is 6.47. The third kappa shape index (κ3) is 4.03. The molecular formula is C14H10BrF2NO2. The molecule has 104 valence electrons. The van der Waals surface area contributed by atoms with E-state index >= 15 is 0 Å². The van der Waals surface area contributed by atoms with Gasteiger partial charge >= 0.3 is 0 Å². The molecule has 0 bridgehead atoms. The lowest BCUT2D eigenvalue weighted by atomic mass is 10.3. The van der Waals surface area contributed by atoms with Crippen molar-refractivity contribution in [3.63, 3.8) is 0 Å². The highest BCUT2D eigenvalue weighted by molar-refractivity contribution is 9.10. The summed E-state index contributed by atoms with van der Waals surface area (Å²) >= 11 is 3.19. The zero-order valence-corrected chi connectivity index (χ0v) is 11.8. The normalized spacial score (nSPS) is 10.2. The number of carbonyl (C=O) groups excluding carboxylic acids is 1. The van der Waals surface area contributed by atoms with Gasteiger partial charge in [0.05, 0.1) is 4.47 Å². The third-order valence-electron chi connectivity index (χ3n) is 2.38. The van der Waals surface area contributed by atoms with Crippen LogP contribution in [0.5, 0.6) is 5.75 Å². The Morgan fingerprint density at radius 1 is 1.10 bits per heavy atom. The average molecular weight is 342 g/mol. The summed E-state index contributed by atoms with van der Waals surface area (Å²) in [6.45, 7) is -0.278. The fourth-order valence-electron chi connectivity index (χ4n) is 1.46. The first kappa shape index (κ1) is 14.5. The summed E-state index contributed by atoms with van der Waals surface area (Å²) in [6, 6.07) is 9.28. The summed E-state index contributed by atoms with van der Waals surface area (Å²) < 4.78 is 31.5. The molecule has 0 aliphatic carbocycles. The Labute approximate surface area is 122 Å². The molecule has 2 aromatic carbocycles. The Hall–Kier alpha value is -1.95. The van der Waals surface area contributed by atoms with Crippen LogP contribution in [0, 0.1) is 11.6 Å².